The number of carbonyl (C=O) groups excluding carboxylic acids is 1. The number of carboxylic acids is 1. The number of alkyl halides is 2. The summed E-state index contributed by atoms with van der Waals surface area (Å²) in [6, 6.07) is 0. The molecule has 6 heteroatoms. The van der Waals surface area contributed by atoms with Crippen LogP contribution in [0.15, 0.2) is 0 Å². The molecule has 0 aromatic heterocycles. The topological polar surface area (TPSA) is 57.6 Å². The van der Waals surface area contributed by atoms with Crippen LogP contribution in [0.4, 0.5) is 8.78 Å². The minimum atomic E-state index is -3.14. The van der Waals surface area contributed by atoms with Gasteiger partial charge in [0.1, 0.15) is 6.54 Å². The number of aliphatic carboxylic acids is 1. The number of rotatable bonds is 3. The van der Waals surface area contributed by atoms with Crippen LogP contribution in [-0.2, 0) is 9.59 Å². The van der Waals surface area contributed by atoms with Gasteiger partial charge < -0.3 is 10.0 Å². The predicted molar refractivity (Wildman–Crippen MR) is 31.3 cm³/mol. The Morgan fingerprint density at radius 3 is 2.27 bits per heavy atom. The Balaban J connectivity index is 3.93. The van der Waals surface area contributed by atoms with Crippen LogP contribution in [0.1, 0.15) is 0 Å². The van der Waals surface area contributed by atoms with Crippen molar-refractivity contribution in [3.63, 3.8) is 0 Å². The summed E-state index contributed by atoms with van der Waals surface area (Å²) in [5, 5.41) is 8.08. The van der Waals surface area contributed by atoms with Crippen LogP contribution in [0.5, 0.6) is 0 Å². The van der Waals surface area contributed by atoms with Crippen molar-refractivity contribution in [2.24, 2.45) is 0 Å². The average molecular weight is 167 g/mol. The van der Waals surface area contributed by atoms with Gasteiger partial charge in [0, 0.05) is 7.05 Å². The Kier molecular flexibility index (Phi) is 3.43. The first-order valence-electron chi connectivity index (χ1n) is 2.70. The number of hydrogen-bond donors (Lipinski definition) is 1. The Morgan fingerprint density at radius 2 is 2.00 bits per heavy atom. The van der Waals surface area contributed by atoms with Crippen molar-refractivity contribution in [1.82, 2.24) is 4.90 Å². The number of amides is 1. The molecule has 4 nitrogen and oxygen atoms in total. The third-order valence-electron chi connectivity index (χ3n) is 0.935. The summed E-state index contributed by atoms with van der Waals surface area (Å²) in [7, 11) is 1.00. The second-order valence-electron chi connectivity index (χ2n) is 1.89. The molecular weight excluding hydrogens is 160 g/mol. The second kappa shape index (κ2) is 3.85. The number of carbonyl (C=O) groups is 2. The summed E-state index contributed by atoms with van der Waals surface area (Å²) < 4.78 is 23.1. The lowest BCUT2D eigenvalue weighted by Gasteiger charge is -2.12. The van der Waals surface area contributed by atoms with Crippen LogP contribution >= 0.6 is 0 Å². The number of likely N-dealkylation sites (N-methyl/N-ethyl adjacent to an activating group) is 1. The highest BCUT2D eigenvalue weighted by atomic mass is 19.3. The zero-order valence-corrected chi connectivity index (χ0v) is 5.75. The van der Waals surface area contributed by atoms with Gasteiger partial charge in [-0.3, -0.25) is 9.59 Å². The smallest absolute Gasteiger partial charge is 0.323 e. The van der Waals surface area contributed by atoms with Crippen LogP contribution in [-0.4, -0.2) is 41.9 Å². The Bertz CT molecular complexity index is 171. The van der Waals surface area contributed by atoms with E-state index >= 15 is 0 Å². The SMILES string of the molecule is CN(CC(=O)O)C(=O)C(F)F. The fraction of sp³-hybridized carbons (Fsp3) is 0.600. The van der Waals surface area contributed by atoms with Gasteiger partial charge in [-0.05, 0) is 0 Å². The van der Waals surface area contributed by atoms with Gasteiger partial charge in [0.15, 0.2) is 0 Å². The first-order valence-corrected chi connectivity index (χ1v) is 2.70. The molecule has 0 heterocycles. The van der Waals surface area contributed by atoms with Crippen LogP contribution < -0.4 is 0 Å². The first kappa shape index (κ1) is 9.80. The molecule has 0 aromatic carbocycles. The molecule has 0 rings (SSSR count). The van der Waals surface area contributed by atoms with E-state index in [1.54, 1.807) is 0 Å². The lowest BCUT2D eigenvalue weighted by molar-refractivity contribution is -0.148. The van der Waals surface area contributed by atoms with Gasteiger partial charge in [0.25, 0.3) is 5.91 Å². The van der Waals surface area contributed by atoms with Crippen LogP contribution in [0.25, 0.3) is 0 Å². The molecule has 0 aliphatic rings. The fourth-order valence-electron chi connectivity index (χ4n) is 0.447. The Labute approximate surface area is 61.4 Å². The van der Waals surface area contributed by atoms with E-state index in [2.05, 4.69) is 0 Å². The van der Waals surface area contributed by atoms with Gasteiger partial charge in [-0.1, -0.05) is 0 Å². The minimum Gasteiger partial charge on any atom is -0.480 e. The maximum atomic E-state index is 11.5. The molecule has 0 atom stereocenters. The largest absolute Gasteiger partial charge is 0.480 e. The van der Waals surface area contributed by atoms with E-state index in [0.717, 1.165) is 7.05 Å². The summed E-state index contributed by atoms with van der Waals surface area (Å²) in [4.78, 5) is 20.6. The third-order valence-corrected chi connectivity index (χ3v) is 0.935. The van der Waals surface area contributed by atoms with Gasteiger partial charge in [-0.2, -0.15) is 8.78 Å². The van der Waals surface area contributed by atoms with E-state index in [1.165, 1.54) is 0 Å². The van der Waals surface area contributed by atoms with Gasteiger partial charge in [0.05, 0.1) is 0 Å². The summed E-state index contributed by atoms with van der Waals surface area (Å²) in [6.45, 7) is -0.705. The predicted octanol–water partition coefficient (Wildman–Crippen LogP) is -0.206. The fourth-order valence-corrected chi connectivity index (χ4v) is 0.447. The van der Waals surface area contributed by atoms with Crippen molar-refractivity contribution in [3.8, 4) is 0 Å². The zero-order chi connectivity index (χ0) is 9.02. The molecule has 0 radical (unpaired) electrons. The molecule has 0 saturated carbocycles. The minimum absolute atomic E-state index is 0.451. The Morgan fingerprint density at radius 1 is 1.55 bits per heavy atom. The lowest BCUT2D eigenvalue weighted by atomic mass is 10.5. The maximum Gasteiger partial charge on any atom is 0.323 e. The van der Waals surface area contributed by atoms with E-state index in [-0.39, 0.29) is 0 Å². The van der Waals surface area contributed by atoms with Crippen molar-refractivity contribution in [1.29, 1.82) is 0 Å². The molecule has 0 bridgehead atoms. The van der Waals surface area contributed by atoms with Crippen molar-refractivity contribution in [3.05, 3.63) is 0 Å². The molecule has 11 heavy (non-hydrogen) atoms. The summed E-state index contributed by atoms with van der Waals surface area (Å²) in [5.74, 6) is -2.80. The average Bonchev–Trinajstić information content (AvgIpc) is 1.84. The molecule has 1 N–H and O–H groups in total. The first-order chi connectivity index (χ1) is 4.95. The molecular formula is C5H7F2NO3. The van der Waals surface area contributed by atoms with Crippen molar-refractivity contribution >= 4 is 11.9 Å². The van der Waals surface area contributed by atoms with Gasteiger partial charge >= 0.3 is 12.4 Å². The van der Waals surface area contributed by atoms with E-state index in [9.17, 15) is 18.4 Å². The highest BCUT2D eigenvalue weighted by Gasteiger charge is 2.21. The number of hydrogen-bond acceptors (Lipinski definition) is 2. The van der Waals surface area contributed by atoms with Crippen LogP contribution in [0, 0.1) is 0 Å². The van der Waals surface area contributed by atoms with Crippen LogP contribution in [0.3, 0.4) is 0 Å². The molecule has 0 spiro atoms. The molecule has 1 amide bonds. The molecule has 0 aliphatic carbocycles. The number of carboxylic acid groups (broad SMARTS) is 1. The number of halogens is 2. The Hall–Kier alpha value is -1.20. The van der Waals surface area contributed by atoms with Gasteiger partial charge in [0.2, 0.25) is 0 Å². The van der Waals surface area contributed by atoms with Crippen molar-refractivity contribution in [2.75, 3.05) is 13.6 Å². The number of nitrogens with zero attached hydrogens (tertiary/aromatic N) is 1. The zero-order valence-electron chi connectivity index (χ0n) is 5.75. The van der Waals surface area contributed by atoms with E-state index < -0.39 is 24.8 Å². The summed E-state index contributed by atoms with van der Waals surface area (Å²) in [5.41, 5.74) is 0. The van der Waals surface area contributed by atoms with Gasteiger partial charge in [-0.15, -0.1) is 0 Å². The third kappa shape index (κ3) is 3.49. The van der Waals surface area contributed by atoms with Crippen molar-refractivity contribution in [2.45, 2.75) is 6.43 Å². The summed E-state index contributed by atoms with van der Waals surface area (Å²) >= 11 is 0. The normalized spacial score (nSPS) is 9.82. The maximum absolute atomic E-state index is 11.5. The monoisotopic (exact) mass is 167 g/mol. The van der Waals surface area contributed by atoms with E-state index in [4.69, 9.17) is 5.11 Å². The van der Waals surface area contributed by atoms with Crippen LogP contribution in [0.2, 0.25) is 0 Å². The molecule has 0 unspecified atom stereocenters. The van der Waals surface area contributed by atoms with Crippen molar-refractivity contribution < 1.29 is 23.5 Å². The quantitative estimate of drug-likeness (QED) is 0.632. The second-order valence-corrected chi connectivity index (χ2v) is 1.89. The lowest BCUT2D eigenvalue weighted by Crippen LogP contribution is -2.35. The molecule has 0 saturated heterocycles. The van der Waals surface area contributed by atoms with Gasteiger partial charge in [-0.25, -0.2) is 0 Å². The molecule has 0 aliphatic heterocycles. The highest BCUT2D eigenvalue weighted by Crippen LogP contribution is 1.97. The molecule has 64 valence electrons. The molecule has 0 aromatic rings. The summed E-state index contributed by atoms with van der Waals surface area (Å²) in [6.07, 6.45) is -3.14. The highest BCUT2D eigenvalue weighted by molar-refractivity contribution is 5.83. The van der Waals surface area contributed by atoms with E-state index in [1.807, 2.05) is 0 Å². The molecule has 0 fully saturated rings. The van der Waals surface area contributed by atoms with E-state index in [0.29, 0.717) is 4.90 Å². The standard InChI is InChI=1S/C5H7F2NO3/c1-8(2-3(9)10)5(11)4(6)7/h4H,2H2,1H3,(H,9,10).